The molecule has 0 aliphatic heterocycles. The summed E-state index contributed by atoms with van der Waals surface area (Å²) in [7, 11) is 1.50. The summed E-state index contributed by atoms with van der Waals surface area (Å²) in [6.45, 7) is 0. The first-order chi connectivity index (χ1) is 13.1. The maximum Gasteiger partial charge on any atom is 0.167 e. The van der Waals surface area contributed by atoms with E-state index < -0.39 is 5.82 Å². The van der Waals surface area contributed by atoms with Crippen LogP contribution in [0.5, 0.6) is 11.5 Å². The number of aromatic nitrogens is 1. The molecule has 0 saturated heterocycles. The molecule has 0 bridgehead atoms. The van der Waals surface area contributed by atoms with Gasteiger partial charge in [-0.15, -0.1) is 0 Å². The highest BCUT2D eigenvalue weighted by Gasteiger charge is 2.14. The molecule has 1 heterocycles. The molecule has 0 saturated carbocycles. The minimum Gasteiger partial charge on any atom is -0.453 e. The molecule has 140 valence electrons. The minimum absolute atomic E-state index is 0.0404. The van der Waals surface area contributed by atoms with E-state index in [1.165, 1.54) is 25.4 Å². The normalized spacial score (nSPS) is 9.89. The number of ether oxygens (including phenoxy) is 1. The summed E-state index contributed by atoms with van der Waals surface area (Å²) in [5.41, 5.74) is 18.6. The molecular formula is C20H21FN4O2. The van der Waals surface area contributed by atoms with Crippen LogP contribution < -0.4 is 21.9 Å². The van der Waals surface area contributed by atoms with Crippen LogP contribution in [0, 0.1) is 5.82 Å². The van der Waals surface area contributed by atoms with Crippen molar-refractivity contribution in [1.82, 2.24) is 4.98 Å². The zero-order chi connectivity index (χ0) is 19.8. The zero-order valence-electron chi connectivity index (χ0n) is 14.9. The number of carbonyl (C=O) groups is 1. The van der Waals surface area contributed by atoms with Crippen molar-refractivity contribution in [1.29, 1.82) is 0 Å². The number of pyridine rings is 1. The number of benzene rings is 2. The van der Waals surface area contributed by atoms with Crippen LogP contribution >= 0.6 is 0 Å². The smallest absolute Gasteiger partial charge is 0.167 e. The highest BCUT2D eigenvalue weighted by atomic mass is 19.1. The molecule has 0 unspecified atom stereocenters. The summed E-state index contributed by atoms with van der Waals surface area (Å²) >= 11 is 0. The Morgan fingerprint density at radius 3 is 2.37 bits per heavy atom. The Morgan fingerprint density at radius 1 is 1.04 bits per heavy atom. The number of rotatable bonds is 5. The number of carbonyl (C=O) groups excluding carboxylic acids is 1. The first kappa shape index (κ1) is 19.9. The van der Waals surface area contributed by atoms with Crippen LogP contribution in [0.2, 0.25) is 0 Å². The summed E-state index contributed by atoms with van der Waals surface area (Å²) in [4.78, 5) is 14.7. The largest absolute Gasteiger partial charge is 0.453 e. The fourth-order valence-corrected chi connectivity index (χ4v) is 2.46. The summed E-state index contributed by atoms with van der Waals surface area (Å²) in [5, 5.41) is 0. The Morgan fingerprint density at radius 2 is 1.74 bits per heavy atom. The van der Waals surface area contributed by atoms with Crippen LogP contribution in [0.25, 0.3) is 11.1 Å². The highest BCUT2D eigenvalue weighted by molar-refractivity contribution is 5.80. The molecule has 7 heteroatoms. The molecule has 0 fully saturated rings. The Bertz CT molecular complexity index is 914. The lowest BCUT2D eigenvalue weighted by Crippen LogP contribution is -1.98. The number of nitrogens with two attached hydrogens (primary N) is 3. The second kappa shape index (κ2) is 9.30. The molecule has 3 rings (SSSR count). The van der Waals surface area contributed by atoms with E-state index in [1.54, 1.807) is 12.1 Å². The van der Waals surface area contributed by atoms with Crippen molar-refractivity contribution in [3.8, 4) is 22.6 Å². The van der Waals surface area contributed by atoms with E-state index in [1.807, 2.05) is 24.3 Å². The number of nitrogens with zero attached hydrogens (tertiary/aromatic N) is 1. The topological polar surface area (TPSA) is 117 Å². The van der Waals surface area contributed by atoms with Gasteiger partial charge in [-0.05, 0) is 36.4 Å². The van der Waals surface area contributed by atoms with E-state index in [2.05, 4.69) is 10.7 Å². The standard InChI is InChI=1S/C19H16FN3O2.CH5N/c20-15-11-14(21)5-6-16(15)25-17-7-9-23-19(22)18(17)13-3-1-12(2-4-13)8-10-24;1-2/h1-7,9-11H,8,21H2,(H2,22,23);2H2,1H3. The predicted molar refractivity (Wildman–Crippen MR) is 105 cm³/mol. The van der Waals surface area contributed by atoms with Gasteiger partial charge in [0, 0.05) is 24.4 Å². The average molecular weight is 368 g/mol. The maximum absolute atomic E-state index is 14.0. The van der Waals surface area contributed by atoms with Gasteiger partial charge in [0.1, 0.15) is 17.9 Å². The lowest BCUT2D eigenvalue weighted by Gasteiger charge is -2.14. The molecule has 27 heavy (non-hydrogen) atoms. The Hall–Kier alpha value is -3.45. The number of aldehydes is 1. The van der Waals surface area contributed by atoms with Crippen molar-refractivity contribution in [3.05, 3.63) is 66.1 Å². The summed E-state index contributed by atoms with van der Waals surface area (Å²) in [6.07, 6.45) is 2.67. The van der Waals surface area contributed by atoms with E-state index in [0.29, 0.717) is 23.4 Å². The minimum atomic E-state index is -0.567. The van der Waals surface area contributed by atoms with Gasteiger partial charge in [-0.3, -0.25) is 0 Å². The van der Waals surface area contributed by atoms with Gasteiger partial charge in [-0.25, -0.2) is 9.37 Å². The van der Waals surface area contributed by atoms with Gasteiger partial charge in [0.15, 0.2) is 11.6 Å². The van der Waals surface area contributed by atoms with Gasteiger partial charge in [-0.1, -0.05) is 24.3 Å². The Labute approximate surface area is 156 Å². The second-order valence-electron chi connectivity index (χ2n) is 5.43. The second-order valence-corrected chi connectivity index (χ2v) is 5.43. The molecule has 6 nitrogen and oxygen atoms in total. The molecule has 3 aromatic rings. The quantitative estimate of drug-likeness (QED) is 0.470. The van der Waals surface area contributed by atoms with E-state index >= 15 is 0 Å². The van der Waals surface area contributed by atoms with Crippen LogP contribution in [0.4, 0.5) is 15.9 Å². The maximum atomic E-state index is 14.0. The Kier molecular flexibility index (Phi) is 6.85. The molecular weight excluding hydrogens is 347 g/mol. The van der Waals surface area contributed by atoms with Crippen LogP contribution in [-0.2, 0) is 11.2 Å². The van der Waals surface area contributed by atoms with Gasteiger partial charge in [0.25, 0.3) is 0 Å². The fourth-order valence-electron chi connectivity index (χ4n) is 2.46. The van der Waals surface area contributed by atoms with Crippen molar-refractivity contribution in [2.45, 2.75) is 6.42 Å². The van der Waals surface area contributed by atoms with E-state index in [9.17, 15) is 9.18 Å². The molecule has 0 aliphatic carbocycles. The summed E-state index contributed by atoms with van der Waals surface area (Å²) in [6, 6.07) is 13.1. The van der Waals surface area contributed by atoms with E-state index in [4.69, 9.17) is 16.2 Å². The lowest BCUT2D eigenvalue weighted by molar-refractivity contribution is -0.107. The Balaban J connectivity index is 0.00000126. The van der Waals surface area contributed by atoms with Crippen LogP contribution in [-0.4, -0.2) is 18.3 Å². The van der Waals surface area contributed by atoms with Crippen molar-refractivity contribution < 1.29 is 13.9 Å². The summed E-state index contributed by atoms with van der Waals surface area (Å²) in [5.74, 6) is 0.108. The zero-order valence-corrected chi connectivity index (χ0v) is 14.9. The highest BCUT2D eigenvalue weighted by Crippen LogP contribution is 2.37. The molecule has 0 atom stereocenters. The lowest BCUT2D eigenvalue weighted by atomic mass is 10.0. The molecule has 0 radical (unpaired) electrons. The molecule has 2 aromatic carbocycles. The number of halogens is 1. The van der Waals surface area contributed by atoms with Gasteiger partial charge < -0.3 is 26.7 Å². The third-order valence-corrected chi connectivity index (χ3v) is 3.68. The third kappa shape index (κ3) is 4.80. The molecule has 1 aromatic heterocycles. The van der Waals surface area contributed by atoms with Crippen molar-refractivity contribution >= 4 is 17.8 Å². The SMILES string of the molecule is CN.Nc1ccc(Oc2ccnc(N)c2-c2ccc(CC=O)cc2)c(F)c1. The van der Waals surface area contributed by atoms with E-state index in [0.717, 1.165) is 17.4 Å². The van der Waals surface area contributed by atoms with Gasteiger partial charge in [-0.2, -0.15) is 0 Å². The van der Waals surface area contributed by atoms with Gasteiger partial charge in [0.05, 0.1) is 5.56 Å². The number of hydrogen-bond donors (Lipinski definition) is 3. The van der Waals surface area contributed by atoms with Gasteiger partial charge >= 0.3 is 0 Å². The van der Waals surface area contributed by atoms with Crippen molar-refractivity contribution in [2.24, 2.45) is 5.73 Å². The van der Waals surface area contributed by atoms with Crippen molar-refractivity contribution in [2.75, 3.05) is 18.5 Å². The summed E-state index contributed by atoms with van der Waals surface area (Å²) < 4.78 is 19.7. The van der Waals surface area contributed by atoms with Gasteiger partial charge in [0.2, 0.25) is 0 Å². The third-order valence-electron chi connectivity index (χ3n) is 3.68. The monoisotopic (exact) mass is 368 g/mol. The predicted octanol–water partition coefficient (Wildman–Crippen LogP) is 3.16. The average Bonchev–Trinajstić information content (AvgIpc) is 2.67. The molecule has 0 aliphatic rings. The van der Waals surface area contributed by atoms with Crippen LogP contribution in [0.1, 0.15) is 5.56 Å². The first-order valence-electron chi connectivity index (χ1n) is 8.16. The van der Waals surface area contributed by atoms with Crippen molar-refractivity contribution in [3.63, 3.8) is 0 Å². The number of nitrogen functional groups attached to an aromatic ring is 2. The van der Waals surface area contributed by atoms with Crippen LogP contribution in [0.15, 0.2) is 54.7 Å². The van der Waals surface area contributed by atoms with E-state index in [-0.39, 0.29) is 11.6 Å². The first-order valence-corrected chi connectivity index (χ1v) is 8.16. The number of anilines is 2. The van der Waals surface area contributed by atoms with Crippen LogP contribution in [0.3, 0.4) is 0 Å². The molecule has 0 amide bonds. The molecule has 6 N–H and O–H groups in total. The molecule has 0 spiro atoms. The fraction of sp³-hybridized carbons (Fsp3) is 0.100. The number of hydrogen-bond acceptors (Lipinski definition) is 6.